The first-order chi connectivity index (χ1) is 10.8. The van der Waals surface area contributed by atoms with E-state index in [2.05, 4.69) is 14.9 Å². The topological polar surface area (TPSA) is 135 Å². The fourth-order valence-electron chi connectivity index (χ4n) is 3.42. The molecule has 11 heteroatoms. The average molecular weight is 347 g/mol. The lowest BCUT2D eigenvalue weighted by Crippen LogP contribution is -2.54. The predicted molar refractivity (Wildman–Crippen MR) is 80.1 cm³/mol. The summed E-state index contributed by atoms with van der Waals surface area (Å²) in [4.78, 5) is 13.7. The zero-order valence-electron chi connectivity index (χ0n) is 12.6. The van der Waals surface area contributed by atoms with Gasteiger partial charge in [0.25, 0.3) is 0 Å². The monoisotopic (exact) mass is 347 g/mol. The van der Waals surface area contributed by atoms with Crippen LogP contribution < -0.4 is 10.6 Å². The van der Waals surface area contributed by atoms with E-state index in [9.17, 15) is 13.2 Å². The van der Waals surface area contributed by atoms with Crippen molar-refractivity contribution in [2.45, 2.75) is 43.8 Å². The third-order valence-corrected chi connectivity index (χ3v) is 4.84. The van der Waals surface area contributed by atoms with Crippen molar-refractivity contribution in [1.29, 1.82) is 5.41 Å². The minimum Gasteiger partial charge on any atom is -0.368 e. The molecule has 3 saturated heterocycles. The summed E-state index contributed by atoms with van der Waals surface area (Å²) in [6.45, 7) is 2.04. The van der Waals surface area contributed by atoms with Gasteiger partial charge in [-0.05, 0) is 32.2 Å². The van der Waals surface area contributed by atoms with Gasteiger partial charge in [0.2, 0.25) is 0 Å². The molecule has 2 amide bonds. The third-order valence-electron chi connectivity index (χ3n) is 4.49. The number of hydrogen-bond donors (Lipinski definition) is 4. The molecular formula is C12H21N5O5S. The highest BCUT2D eigenvalue weighted by Crippen LogP contribution is 2.30. The standard InChI is InChI=1S/C12H21N5O5S/c13-11(15-8-2-1-5-14-6-8)10-4-3-9-7-16(10)12(18)17(9)22-23(19,20)21/h8-10,14H,1-7H2,(H2,13,15)(H,19,20,21)/t8-,9-,10+/m1/s1. The number of nitrogens with one attached hydrogen (secondary N) is 3. The molecule has 130 valence electrons. The van der Waals surface area contributed by atoms with E-state index in [4.69, 9.17) is 9.96 Å². The highest BCUT2D eigenvalue weighted by atomic mass is 32.3. The maximum Gasteiger partial charge on any atom is 0.418 e. The minimum atomic E-state index is -4.74. The van der Waals surface area contributed by atoms with E-state index in [1.165, 1.54) is 4.90 Å². The number of carbonyl (C=O) groups is 1. The van der Waals surface area contributed by atoms with Gasteiger partial charge in [-0.3, -0.25) is 9.96 Å². The number of urea groups is 1. The molecule has 0 spiro atoms. The van der Waals surface area contributed by atoms with Gasteiger partial charge >= 0.3 is 16.4 Å². The molecule has 23 heavy (non-hydrogen) atoms. The van der Waals surface area contributed by atoms with Crippen LogP contribution in [0.15, 0.2) is 0 Å². The number of carbonyl (C=O) groups excluding carboxylic acids is 1. The molecule has 3 rings (SSSR count). The summed E-state index contributed by atoms with van der Waals surface area (Å²) in [6, 6.07) is -1.32. The molecule has 3 fully saturated rings. The largest absolute Gasteiger partial charge is 0.418 e. The summed E-state index contributed by atoms with van der Waals surface area (Å²) in [7, 11) is -4.74. The maximum absolute atomic E-state index is 12.3. The molecule has 0 aliphatic carbocycles. The molecule has 3 aliphatic rings. The second-order valence-corrected chi connectivity index (χ2v) is 7.12. The Morgan fingerprint density at radius 3 is 2.83 bits per heavy atom. The molecule has 0 radical (unpaired) electrons. The van der Waals surface area contributed by atoms with Gasteiger partial charge in [0, 0.05) is 19.1 Å². The maximum atomic E-state index is 12.3. The summed E-state index contributed by atoms with van der Waals surface area (Å²) in [5, 5.41) is 15.4. The van der Waals surface area contributed by atoms with Crippen LogP contribution in [-0.4, -0.2) is 72.6 Å². The summed E-state index contributed by atoms with van der Waals surface area (Å²) in [5.74, 6) is 0.263. The zero-order valence-corrected chi connectivity index (χ0v) is 13.4. The zero-order chi connectivity index (χ0) is 16.6. The quantitative estimate of drug-likeness (QED) is 0.300. The normalized spacial score (nSPS) is 31.3. The number of fused-ring (bicyclic) bond motifs is 2. The average Bonchev–Trinajstić information content (AvgIpc) is 2.72. The fraction of sp³-hybridized carbons (Fsp3) is 0.833. The summed E-state index contributed by atoms with van der Waals surface area (Å²) >= 11 is 0. The van der Waals surface area contributed by atoms with Crippen molar-refractivity contribution in [2.24, 2.45) is 0 Å². The van der Waals surface area contributed by atoms with Gasteiger partial charge in [0.15, 0.2) is 0 Å². The SMILES string of the molecule is N=C(N[C@@H]1CCCNC1)[C@@H]1CC[C@@H]2CN1C(=O)N2OS(=O)(=O)O. The van der Waals surface area contributed by atoms with E-state index in [-0.39, 0.29) is 18.4 Å². The van der Waals surface area contributed by atoms with E-state index < -0.39 is 28.5 Å². The van der Waals surface area contributed by atoms with Crippen molar-refractivity contribution in [1.82, 2.24) is 20.6 Å². The van der Waals surface area contributed by atoms with Gasteiger partial charge in [-0.25, -0.2) is 4.79 Å². The molecule has 3 heterocycles. The van der Waals surface area contributed by atoms with Crippen molar-refractivity contribution in [3.05, 3.63) is 0 Å². The molecule has 0 aromatic rings. The van der Waals surface area contributed by atoms with Crippen LogP contribution in [0.5, 0.6) is 0 Å². The van der Waals surface area contributed by atoms with Crippen molar-refractivity contribution in [3.8, 4) is 0 Å². The number of rotatable bonds is 4. The molecule has 0 saturated carbocycles. The summed E-state index contributed by atoms with van der Waals surface area (Å²) in [6.07, 6.45) is 3.07. The van der Waals surface area contributed by atoms with Crippen LogP contribution in [0.4, 0.5) is 4.79 Å². The van der Waals surface area contributed by atoms with Crippen LogP contribution in [0.3, 0.4) is 0 Å². The fourth-order valence-corrected chi connectivity index (χ4v) is 3.81. The van der Waals surface area contributed by atoms with Gasteiger partial charge in [-0.1, -0.05) is 0 Å². The van der Waals surface area contributed by atoms with Gasteiger partial charge < -0.3 is 15.5 Å². The molecule has 10 nitrogen and oxygen atoms in total. The van der Waals surface area contributed by atoms with Crippen molar-refractivity contribution >= 4 is 22.3 Å². The van der Waals surface area contributed by atoms with Crippen LogP contribution in [-0.2, 0) is 14.7 Å². The van der Waals surface area contributed by atoms with Crippen molar-refractivity contribution in [2.75, 3.05) is 19.6 Å². The Labute approximate surface area is 134 Å². The molecular weight excluding hydrogens is 326 g/mol. The second kappa shape index (κ2) is 6.23. The number of hydrogen-bond acceptors (Lipinski definition) is 6. The first kappa shape index (κ1) is 16.4. The predicted octanol–water partition coefficient (Wildman–Crippen LogP) is -0.692. The minimum absolute atomic E-state index is 0.164. The number of hydroxylamine groups is 2. The lowest BCUT2D eigenvalue weighted by atomic mass is 9.99. The Kier molecular flexibility index (Phi) is 4.45. The third kappa shape index (κ3) is 3.57. The molecule has 3 aliphatic heterocycles. The highest BCUT2D eigenvalue weighted by molar-refractivity contribution is 7.80. The van der Waals surface area contributed by atoms with E-state index >= 15 is 0 Å². The van der Waals surface area contributed by atoms with E-state index in [0.29, 0.717) is 17.9 Å². The van der Waals surface area contributed by atoms with Gasteiger partial charge in [-0.15, -0.1) is 4.28 Å². The Morgan fingerprint density at radius 2 is 2.17 bits per heavy atom. The van der Waals surface area contributed by atoms with Crippen molar-refractivity contribution < 1.29 is 22.0 Å². The molecule has 3 atom stereocenters. The molecule has 0 aromatic carbocycles. The summed E-state index contributed by atoms with van der Waals surface area (Å²) < 4.78 is 34.9. The van der Waals surface area contributed by atoms with Crippen LogP contribution in [0.2, 0.25) is 0 Å². The van der Waals surface area contributed by atoms with Gasteiger partial charge in [0.05, 0.1) is 12.1 Å². The molecule has 0 aromatic heterocycles. The lowest BCUT2D eigenvalue weighted by molar-refractivity contribution is -0.0316. The van der Waals surface area contributed by atoms with E-state index in [0.717, 1.165) is 25.9 Å². The summed E-state index contributed by atoms with van der Waals surface area (Å²) in [5.41, 5.74) is 0. The Hall–Kier alpha value is -1.43. The van der Waals surface area contributed by atoms with E-state index in [1.807, 2.05) is 0 Å². The first-order valence-corrected chi connectivity index (χ1v) is 9.04. The molecule has 4 N–H and O–H groups in total. The lowest BCUT2D eigenvalue weighted by Gasteiger charge is -2.33. The van der Waals surface area contributed by atoms with Crippen LogP contribution in [0, 0.1) is 5.41 Å². The number of amidine groups is 1. The van der Waals surface area contributed by atoms with E-state index in [1.54, 1.807) is 0 Å². The van der Waals surface area contributed by atoms with Gasteiger partial charge in [0.1, 0.15) is 5.84 Å². The van der Waals surface area contributed by atoms with Crippen LogP contribution >= 0.6 is 0 Å². The number of piperidine rings is 2. The number of amides is 2. The Bertz CT molecular complexity index is 591. The first-order valence-electron chi connectivity index (χ1n) is 7.67. The second-order valence-electron chi connectivity index (χ2n) is 6.11. The Morgan fingerprint density at radius 1 is 1.39 bits per heavy atom. The Balaban J connectivity index is 1.64. The molecule has 0 unspecified atom stereocenters. The van der Waals surface area contributed by atoms with Gasteiger partial charge in [-0.2, -0.15) is 13.5 Å². The van der Waals surface area contributed by atoms with Crippen LogP contribution in [0.25, 0.3) is 0 Å². The molecule has 2 bridgehead atoms. The number of nitrogens with zero attached hydrogens (tertiary/aromatic N) is 2. The van der Waals surface area contributed by atoms with Crippen molar-refractivity contribution in [3.63, 3.8) is 0 Å². The van der Waals surface area contributed by atoms with Crippen LogP contribution in [0.1, 0.15) is 25.7 Å². The smallest absolute Gasteiger partial charge is 0.368 e. The highest BCUT2D eigenvalue weighted by Gasteiger charge is 2.48.